The zero-order chi connectivity index (χ0) is 17.7. The van der Waals surface area contributed by atoms with Crippen LogP contribution >= 0.6 is 11.6 Å². The number of benzene rings is 1. The fourth-order valence-electron chi connectivity index (χ4n) is 2.08. The summed E-state index contributed by atoms with van der Waals surface area (Å²) >= 11 is 6.08. The van der Waals surface area contributed by atoms with Crippen molar-refractivity contribution in [1.29, 1.82) is 0 Å². The highest BCUT2D eigenvalue weighted by Crippen LogP contribution is 2.28. The topological polar surface area (TPSA) is 108 Å². The standard InChI is InChI=1S/C15H16ClN3O5/c1-24-8-13(21)17-9-2-3-10(16)11(6-9)18-12-7-14(22)19(4-5-20)15(12)23/h2-3,6-7,18,20H,4-5,8H2,1H3,(H,17,21). The quantitative estimate of drug-likeness (QED) is 0.619. The number of imide groups is 1. The number of carbonyl (C=O) groups excluding carboxylic acids is 3. The Balaban J connectivity index is 2.15. The van der Waals surface area contributed by atoms with E-state index >= 15 is 0 Å². The van der Waals surface area contributed by atoms with Crippen LogP contribution in [0.4, 0.5) is 11.4 Å². The molecule has 3 amide bonds. The lowest BCUT2D eigenvalue weighted by Gasteiger charge is -2.14. The van der Waals surface area contributed by atoms with Gasteiger partial charge in [0.1, 0.15) is 12.3 Å². The lowest BCUT2D eigenvalue weighted by Crippen LogP contribution is -2.34. The maximum absolute atomic E-state index is 12.1. The Morgan fingerprint density at radius 1 is 1.38 bits per heavy atom. The second-order valence-corrected chi connectivity index (χ2v) is 5.28. The van der Waals surface area contributed by atoms with Gasteiger partial charge in [-0.05, 0) is 18.2 Å². The molecule has 0 aliphatic carbocycles. The van der Waals surface area contributed by atoms with Crippen molar-refractivity contribution in [2.45, 2.75) is 0 Å². The number of β-amino-alcohol motifs (C(OH)–C–C–N with tert-alkyl or cyclic N) is 1. The van der Waals surface area contributed by atoms with Crippen LogP contribution < -0.4 is 10.6 Å². The van der Waals surface area contributed by atoms with Crippen LogP contribution in [0.3, 0.4) is 0 Å². The van der Waals surface area contributed by atoms with Gasteiger partial charge in [-0.25, -0.2) is 0 Å². The zero-order valence-corrected chi connectivity index (χ0v) is 13.6. The van der Waals surface area contributed by atoms with Crippen LogP contribution in [0.25, 0.3) is 0 Å². The Bertz CT molecular complexity index is 704. The summed E-state index contributed by atoms with van der Waals surface area (Å²) in [5.74, 6) is -1.41. The third-order valence-corrected chi connectivity index (χ3v) is 3.46. The Labute approximate surface area is 143 Å². The summed E-state index contributed by atoms with van der Waals surface area (Å²) in [6.07, 6.45) is 1.13. The number of nitrogens with zero attached hydrogens (tertiary/aromatic N) is 1. The number of hydrogen-bond donors (Lipinski definition) is 3. The number of aliphatic hydroxyl groups excluding tert-OH is 1. The maximum Gasteiger partial charge on any atom is 0.277 e. The van der Waals surface area contributed by atoms with Crippen molar-refractivity contribution in [3.63, 3.8) is 0 Å². The van der Waals surface area contributed by atoms with Gasteiger partial charge in [-0.2, -0.15) is 0 Å². The van der Waals surface area contributed by atoms with E-state index in [1.807, 2.05) is 0 Å². The Morgan fingerprint density at radius 3 is 2.79 bits per heavy atom. The normalized spacial score (nSPS) is 14.0. The van der Waals surface area contributed by atoms with Crippen molar-refractivity contribution in [1.82, 2.24) is 4.90 Å². The highest BCUT2D eigenvalue weighted by molar-refractivity contribution is 6.33. The van der Waals surface area contributed by atoms with Crippen molar-refractivity contribution in [2.24, 2.45) is 0 Å². The summed E-state index contributed by atoms with van der Waals surface area (Å²) in [5, 5.41) is 14.6. The molecule has 2 rings (SSSR count). The van der Waals surface area contributed by atoms with Gasteiger partial charge in [0.05, 0.1) is 23.9 Å². The van der Waals surface area contributed by atoms with Crippen molar-refractivity contribution < 1.29 is 24.2 Å². The smallest absolute Gasteiger partial charge is 0.277 e. The van der Waals surface area contributed by atoms with Gasteiger partial charge in [0.2, 0.25) is 5.91 Å². The molecule has 0 radical (unpaired) electrons. The van der Waals surface area contributed by atoms with E-state index in [2.05, 4.69) is 10.6 Å². The molecule has 0 saturated heterocycles. The highest BCUT2D eigenvalue weighted by Gasteiger charge is 2.30. The van der Waals surface area contributed by atoms with Gasteiger partial charge in [-0.1, -0.05) is 11.6 Å². The molecule has 0 spiro atoms. The van der Waals surface area contributed by atoms with Gasteiger partial charge in [0.15, 0.2) is 0 Å². The average molecular weight is 354 g/mol. The van der Waals surface area contributed by atoms with Gasteiger partial charge >= 0.3 is 0 Å². The number of methoxy groups -OCH3 is 1. The number of hydrogen-bond acceptors (Lipinski definition) is 6. The summed E-state index contributed by atoms with van der Waals surface area (Å²) in [6.45, 7) is -0.500. The van der Waals surface area contributed by atoms with E-state index in [-0.39, 0.29) is 31.4 Å². The number of halogens is 1. The molecule has 1 aliphatic rings. The fourth-order valence-corrected chi connectivity index (χ4v) is 2.25. The first-order chi connectivity index (χ1) is 11.5. The summed E-state index contributed by atoms with van der Waals surface area (Å²) < 4.78 is 4.73. The van der Waals surface area contributed by atoms with Gasteiger partial charge in [0.25, 0.3) is 11.8 Å². The molecular weight excluding hydrogens is 338 g/mol. The minimum absolute atomic E-state index is 0.0377. The van der Waals surface area contributed by atoms with Crippen LogP contribution in [-0.2, 0) is 19.1 Å². The monoisotopic (exact) mass is 353 g/mol. The van der Waals surface area contributed by atoms with Crippen molar-refractivity contribution in [2.75, 3.05) is 37.5 Å². The Hall–Kier alpha value is -2.42. The van der Waals surface area contributed by atoms with E-state index < -0.39 is 11.8 Å². The molecule has 24 heavy (non-hydrogen) atoms. The first-order valence-corrected chi connectivity index (χ1v) is 7.37. The largest absolute Gasteiger partial charge is 0.395 e. The third-order valence-electron chi connectivity index (χ3n) is 3.13. The molecule has 0 fully saturated rings. The molecular formula is C15H16ClN3O5. The van der Waals surface area contributed by atoms with Gasteiger partial charge < -0.3 is 20.5 Å². The molecule has 1 heterocycles. The molecule has 0 unspecified atom stereocenters. The number of amides is 3. The highest BCUT2D eigenvalue weighted by atomic mass is 35.5. The summed E-state index contributed by atoms with van der Waals surface area (Å²) in [6, 6.07) is 4.66. The van der Waals surface area contributed by atoms with E-state index in [1.165, 1.54) is 13.2 Å². The summed E-state index contributed by atoms with van der Waals surface area (Å²) in [4.78, 5) is 36.3. The first kappa shape index (κ1) is 17.9. The summed E-state index contributed by atoms with van der Waals surface area (Å²) in [5.41, 5.74) is 0.842. The third kappa shape index (κ3) is 4.10. The average Bonchev–Trinajstić information content (AvgIpc) is 2.79. The predicted molar refractivity (Wildman–Crippen MR) is 87.5 cm³/mol. The van der Waals surface area contributed by atoms with E-state index in [0.29, 0.717) is 16.4 Å². The summed E-state index contributed by atoms with van der Waals surface area (Å²) in [7, 11) is 1.40. The van der Waals surface area contributed by atoms with E-state index in [4.69, 9.17) is 21.4 Å². The number of nitrogens with one attached hydrogen (secondary N) is 2. The lowest BCUT2D eigenvalue weighted by atomic mass is 10.2. The molecule has 1 aromatic rings. The Morgan fingerprint density at radius 2 is 2.12 bits per heavy atom. The van der Waals surface area contributed by atoms with Crippen LogP contribution in [0, 0.1) is 0 Å². The van der Waals surface area contributed by atoms with Crippen LogP contribution in [0.15, 0.2) is 30.0 Å². The van der Waals surface area contributed by atoms with E-state index in [1.54, 1.807) is 12.1 Å². The molecule has 0 bridgehead atoms. The van der Waals surface area contributed by atoms with E-state index in [9.17, 15) is 14.4 Å². The van der Waals surface area contributed by atoms with E-state index in [0.717, 1.165) is 11.0 Å². The molecule has 0 atom stereocenters. The predicted octanol–water partition coefficient (Wildman–Crippen LogP) is 0.582. The van der Waals surface area contributed by atoms with Crippen LogP contribution in [0.1, 0.15) is 0 Å². The molecule has 0 saturated carbocycles. The van der Waals surface area contributed by atoms with Gasteiger partial charge in [-0.3, -0.25) is 19.3 Å². The second kappa shape index (κ2) is 7.91. The molecule has 128 valence electrons. The van der Waals surface area contributed by atoms with Gasteiger partial charge in [0, 0.05) is 18.9 Å². The van der Waals surface area contributed by atoms with Crippen molar-refractivity contribution >= 4 is 40.7 Å². The number of anilines is 2. The second-order valence-electron chi connectivity index (χ2n) is 4.88. The van der Waals surface area contributed by atoms with Crippen molar-refractivity contribution in [3.05, 3.63) is 35.0 Å². The number of carbonyl (C=O) groups is 3. The molecule has 8 nitrogen and oxygen atoms in total. The molecule has 9 heteroatoms. The number of aliphatic hydroxyl groups is 1. The minimum atomic E-state index is -0.557. The lowest BCUT2D eigenvalue weighted by molar-refractivity contribution is -0.137. The number of rotatable bonds is 7. The van der Waals surface area contributed by atoms with Crippen molar-refractivity contribution in [3.8, 4) is 0 Å². The SMILES string of the molecule is COCC(=O)Nc1ccc(Cl)c(NC2=CC(=O)N(CCO)C2=O)c1. The minimum Gasteiger partial charge on any atom is -0.395 e. The maximum atomic E-state index is 12.1. The molecule has 3 N–H and O–H groups in total. The van der Waals surface area contributed by atoms with Crippen LogP contribution in [0.5, 0.6) is 0 Å². The molecule has 0 aromatic heterocycles. The van der Waals surface area contributed by atoms with Gasteiger partial charge in [-0.15, -0.1) is 0 Å². The van der Waals surface area contributed by atoms with Crippen LogP contribution in [0.2, 0.25) is 5.02 Å². The van der Waals surface area contributed by atoms with Crippen LogP contribution in [-0.4, -0.2) is 54.6 Å². The fraction of sp³-hybridized carbons (Fsp3) is 0.267. The number of ether oxygens (including phenoxy) is 1. The Kier molecular flexibility index (Phi) is 5.91. The molecule has 1 aromatic carbocycles. The first-order valence-electron chi connectivity index (χ1n) is 7.00. The zero-order valence-electron chi connectivity index (χ0n) is 12.8. The molecule has 1 aliphatic heterocycles.